The van der Waals surface area contributed by atoms with E-state index in [1.165, 1.54) is 17.7 Å². The van der Waals surface area contributed by atoms with Crippen LogP contribution in [0.1, 0.15) is 17.7 Å². The molecule has 0 saturated carbocycles. The van der Waals surface area contributed by atoms with Crippen LogP contribution in [0.25, 0.3) is 0 Å². The summed E-state index contributed by atoms with van der Waals surface area (Å²) in [5.41, 5.74) is 2.65. The van der Waals surface area contributed by atoms with Crippen LogP contribution in [0, 0.1) is 6.92 Å². The van der Waals surface area contributed by atoms with Gasteiger partial charge >= 0.3 is 0 Å². The van der Waals surface area contributed by atoms with E-state index in [0.29, 0.717) is 0 Å². The van der Waals surface area contributed by atoms with Gasteiger partial charge in [-0.15, -0.1) is 0 Å². The quantitative estimate of drug-likeness (QED) is 0.675. The second-order valence-corrected chi connectivity index (χ2v) is 3.10. The standard InChI is InChI=1S/C9H17N3/c1-8-7-11-12(3)9(8)5-4-6-10-2/h7,10H,4-6H2,1-3H3. The molecule has 3 nitrogen and oxygen atoms in total. The fourth-order valence-electron chi connectivity index (χ4n) is 1.36. The van der Waals surface area contributed by atoms with Crippen LogP contribution in [0.2, 0.25) is 0 Å². The number of hydrogen-bond acceptors (Lipinski definition) is 2. The first-order valence-corrected chi connectivity index (χ1v) is 4.37. The Labute approximate surface area is 73.8 Å². The summed E-state index contributed by atoms with van der Waals surface area (Å²) in [5, 5.41) is 7.33. The van der Waals surface area contributed by atoms with Gasteiger partial charge in [-0.05, 0) is 38.9 Å². The molecule has 0 aliphatic heterocycles. The summed E-state index contributed by atoms with van der Waals surface area (Å²) >= 11 is 0. The van der Waals surface area contributed by atoms with Gasteiger partial charge < -0.3 is 5.32 Å². The molecule has 0 bridgehead atoms. The predicted molar refractivity (Wildman–Crippen MR) is 50.2 cm³/mol. The Morgan fingerprint density at radius 1 is 1.58 bits per heavy atom. The number of hydrogen-bond donors (Lipinski definition) is 1. The summed E-state index contributed by atoms with van der Waals surface area (Å²) in [4.78, 5) is 0. The molecule has 68 valence electrons. The van der Waals surface area contributed by atoms with Gasteiger partial charge in [-0.1, -0.05) is 0 Å². The minimum absolute atomic E-state index is 1.07. The van der Waals surface area contributed by atoms with E-state index in [1.54, 1.807) is 0 Å². The average Bonchev–Trinajstić information content (AvgIpc) is 2.35. The molecular formula is C9H17N3. The molecule has 1 aromatic heterocycles. The SMILES string of the molecule is CNCCCc1c(C)cnn1C. The van der Waals surface area contributed by atoms with Crippen molar-refractivity contribution in [1.29, 1.82) is 0 Å². The lowest BCUT2D eigenvalue weighted by Crippen LogP contribution is -2.10. The highest BCUT2D eigenvalue weighted by Gasteiger charge is 2.02. The maximum Gasteiger partial charge on any atom is 0.0521 e. The molecule has 0 atom stereocenters. The largest absolute Gasteiger partial charge is 0.320 e. The first kappa shape index (κ1) is 9.26. The summed E-state index contributed by atoms with van der Waals surface area (Å²) in [7, 11) is 3.98. The molecule has 1 aromatic rings. The maximum absolute atomic E-state index is 4.19. The summed E-state index contributed by atoms with van der Waals surface area (Å²) in [6.07, 6.45) is 4.22. The van der Waals surface area contributed by atoms with Crippen molar-refractivity contribution in [2.45, 2.75) is 19.8 Å². The fraction of sp³-hybridized carbons (Fsp3) is 0.667. The van der Waals surface area contributed by atoms with Crippen molar-refractivity contribution in [2.24, 2.45) is 7.05 Å². The Morgan fingerprint density at radius 2 is 2.33 bits per heavy atom. The Bertz CT molecular complexity index is 220. The van der Waals surface area contributed by atoms with Crippen molar-refractivity contribution in [3.8, 4) is 0 Å². The molecule has 0 unspecified atom stereocenters. The van der Waals surface area contributed by atoms with E-state index in [1.807, 2.05) is 25.0 Å². The lowest BCUT2D eigenvalue weighted by atomic mass is 10.2. The highest BCUT2D eigenvalue weighted by atomic mass is 15.3. The van der Waals surface area contributed by atoms with Crippen LogP contribution in [0.5, 0.6) is 0 Å². The van der Waals surface area contributed by atoms with Gasteiger partial charge in [0.05, 0.1) is 6.20 Å². The van der Waals surface area contributed by atoms with E-state index >= 15 is 0 Å². The van der Waals surface area contributed by atoms with Crippen LogP contribution in [-0.2, 0) is 13.5 Å². The van der Waals surface area contributed by atoms with E-state index in [2.05, 4.69) is 17.3 Å². The van der Waals surface area contributed by atoms with Crippen LogP contribution >= 0.6 is 0 Å². The third-order valence-corrected chi connectivity index (χ3v) is 2.11. The Balaban J connectivity index is 2.50. The molecule has 0 aromatic carbocycles. The first-order valence-electron chi connectivity index (χ1n) is 4.37. The van der Waals surface area contributed by atoms with Crippen molar-refractivity contribution in [2.75, 3.05) is 13.6 Å². The third kappa shape index (κ3) is 2.08. The first-order chi connectivity index (χ1) is 5.75. The highest BCUT2D eigenvalue weighted by Crippen LogP contribution is 2.07. The Hall–Kier alpha value is -0.830. The van der Waals surface area contributed by atoms with Gasteiger partial charge in [0.1, 0.15) is 0 Å². The number of aromatic nitrogens is 2. The van der Waals surface area contributed by atoms with E-state index in [0.717, 1.165) is 13.0 Å². The van der Waals surface area contributed by atoms with Crippen molar-refractivity contribution in [3.05, 3.63) is 17.5 Å². The summed E-state index contributed by atoms with van der Waals surface area (Å²) < 4.78 is 1.96. The number of nitrogens with one attached hydrogen (secondary N) is 1. The molecule has 0 spiro atoms. The molecular weight excluding hydrogens is 150 g/mol. The maximum atomic E-state index is 4.19. The molecule has 0 radical (unpaired) electrons. The highest BCUT2D eigenvalue weighted by molar-refractivity contribution is 5.15. The number of aryl methyl sites for hydroxylation is 2. The molecule has 0 fully saturated rings. The zero-order valence-electron chi connectivity index (χ0n) is 8.09. The Morgan fingerprint density at radius 3 is 2.83 bits per heavy atom. The van der Waals surface area contributed by atoms with Crippen LogP contribution in [-0.4, -0.2) is 23.4 Å². The van der Waals surface area contributed by atoms with Crippen LogP contribution in [0.3, 0.4) is 0 Å². The molecule has 12 heavy (non-hydrogen) atoms. The van der Waals surface area contributed by atoms with Gasteiger partial charge in [0.25, 0.3) is 0 Å². The molecule has 0 saturated heterocycles. The topological polar surface area (TPSA) is 29.9 Å². The van der Waals surface area contributed by atoms with Crippen LogP contribution < -0.4 is 5.32 Å². The second-order valence-electron chi connectivity index (χ2n) is 3.10. The normalized spacial score (nSPS) is 10.6. The van der Waals surface area contributed by atoms with Crippen molar-refractivity contribution < 1.29 is 0 Å². The smallest absolute Gasteiger partial charge is 0.0521 e. The average molecular weight is 167 g/mol. The zero-order chi connectivity index (χ0) is 8.97. The molecule has 3 heteroatoms. The van der Waals surface area contributed by atoms with E-state index in [4.69, 9.17) is 0 Å². The second kappa shape index (κ2) is 4.26. The number of rotatable bonds is 4. The summed E-state index contributed by atoms with van der Waals surface area (Å²) in [6.45, 7) is 3.19. The predicted octanol–water partition coefficient (Wildman–Crippen LogP) is 0.881. The van der Waals surface area contributed by atoms with Gasteiger partial charge in [0.2, 0.25) is 0 Å². The van der Waals surface area contributed by atoms with E-state index in [-0.39, 0.29) is 0 Å². The zero-order valence-corrected chi connectivity index (χ0v) is 8.09. The molecule has 0 aliphatic rings. The minimum atomic E-state index is 1.07. The van der Waals surface area contributed by atoms with Crippen molar-refractivity contribution >= 4 is 0 Å². The summed E-state index contributed by atoms with van der Waals surface area (Å²) in [6, 6.07) is 0. The minimum Gasteiger partial charge on any atom is -0.320 e. The number of nitrogens with zero attached hydrogens (tertiary/aromatic N) is 2. The van der Waals surface area contributed by atoms with Gasteiger partial charge in [-0.3, -0.25) is 4.68 Å². The van der Waals surface area contributed by atoms with Gasteiger partial charge in [0, 0.05) is 12.7 Å². The molecule has 1 heterocycles. The van der Waals surface area contributed by atoms with E-state index in [9.17, 15) is 0 Å². The monoisotopic (exact) mass is 167 g/mol. The molecule has 0 aliphatic carbocycles. The van der Waals surface area contributed by atoms with Gasteiger partial charge in [-0.2, -0.15) is 5.10 Å². The van der Waals surface area contributed by atoms with Gasteiger partial charge in [-0.25, -0.2) is 0 Å². The molecule has 1 N–H and O–H groups in total. The Kier molecular flexibility index (Phi) is 3.29. The van der Waals surface area contributed by atoms with Crippen molar-refractivity contribution in [1.82, 2.24) is 15.1 Å². The third-order valence-electron chi connectivity index (χ3n) is 2.11. The van der Waals surface area contributed by atoms with E-state index < -0.39 is 0 Å². The lowest BCUT2D eigenvalue weighted by Gasteiger charge is -2.02. The van der Waals surface area contributed by atoms with Crippen LogP contribution in [0.4, 0.5) is 0 Å². The fourth-order valence-corrected chi connectivity index (χ4v) is 1.36. The lowest BCUT2D eigenvalue weighted by molar-refractivity contribution is 0.658. The van der Waals surface area contributed by atoms with Crippen molar-refractivity contribution in [3.63, 3.8) is 0 Å². The summed E-state index contributed by atoms with van der Waals surface area (Å²) in [5.74, 6) is 0. The molecule has 1 rings (SSSR count). The molecule has 0 amide bonds. The van der Waals surface area contributed by atoms with Gasteiger partial charge in [0.15, 0.2) is 0 Å². The van der Waals surface area contributed by atoms with Crippen LogP contribution in [0.15, 0.2) is 6.20 Å².